The maximum atomic E-state index is 12.1. The van der Waals surface area contributed by atoms with Crippen LogP contribution in [0.4, 0.5) is 11.5 Å². The Labute approximate surface area is 160 Å². The highest BCUT2D eigenvalue weighted by molar-refractivity contribution is 5.94. The molecule has 2 aromatic rings. The zero-order chi connectivity index (χ0) is 18.8. The quantitative estimate of drug-likeness (QED) is 0.852. The number of hydrogen-bond acceptors (Lipinski definition) is 5. The third-order valence-corrected chi connectivity index (χ3v) is 5.10. The van der Waals surface area contributed by atoms with Gasteiger partial charge in [-0.1, -0.05) is 12.1 Å². The van der Waals surface area contributed by atoms with Crippen molar-refractivity contribution in [2.75, 3.05) is 36.5 Å². The largest absolute Gasteiger partial charge is 0.485 e. The summed E-state index contributed by atoms with van der Waals surface area (Å²) in [6.45, 7) is 4.69. The lowest BCUT2D eigenvalue weighted by Gasteiger charge is -2.37. The molecule has 0 bridgehead atoms. The van der Waals surface area contributed by atoms with Gasteiger partial charge in [-0.2, -0.15) is 0 Å². The second-order valence-electron chi connectivity index (χ2n) is 7.28. The minimum Gasteiger partial charge on any atom is -0.485 e. The topological polar surface area (TPSA) is 57.7 Å². The molecule has 1 aliphatic carbocycles. The number of aromatic nitrogens is 1. The SMILES string of the molecule is CCN1C[C@@H](CN(C)c2ccc(C(=O)NC3CC3)cn2)Oc2ccccc21. The van der Waals surface area contributed by atoms with Crippen molar-refractivity contribution < 1.29 is 9.53 Å². The molecular weight excluding hydrogens is 340 g/mol. The molecule has 142 valence electrons. The first kappa shape index (κ1) is 17.6. The van der Waals surface area contributed by atoms with Crippen LogP contribution < -0.4 is 19.9 Å². The summed E-state index contributed by atoms with van der Waals surface area (Å²) in [4.78, 5) is 21.0. The van der Waals surface area contributed by atoms with E-state index in [2.05, 4.69) is 33.1 Å². The normalized spacial score (nSPS) is 18.4. The summed E-state index contributed by atoms with van der Waals surface area (Å²) >= 11 is 0. The van der Waals surface area contributed by atoms with Crippen LogP contribution in [-0.4, -0.2) is 49.7 Å². The van der Waals surface area contributed by atoms with E-state index in [4.69, 9.17) is 4.74 Å². The summed E-state index contributed by atoms with van der Waals surface area (Å²) in [5, 5.41) is 2.99. The van der Waals surface area contributed by atoms with Gasteiger partial charge < -0.3 is 19.9 Å². The van der Waals surface area contributed by atoms with Crippen LogP contribution >= 0.6 is 0 Å². The van der Waals surface area contributed by atoms with E-state index in [-0.39, 0.29) is 12.0 Å². The van der Waals surface area contributed by atoms with Crippen LogP contribution in [0.25, 0.3) is 0 Å². The van der Waals surface area contributed by atoms with Crippen molar-refractivity contribution in [1.29, 1.82) is 0 Å². The van der Waals surface area contributed by atoms with Crippen LogP contribution in [0.5, 0.6) is 5.75 Å². The minimum atomic E-state index is -0.0370. The lowest BCUT2D eigenvalue weighted by atomic mass is 10.2. The number of para-hydroxylation sites is 2. The van der Waals surface area contributed by atoms with Crippen LogP contribution in [0.3, 0.4) is 0 Å². The molecule has 1 aromatic heterocycles. The third kappa shape index (κ3) is 3.99. The first-order valence-corrected chi connectivity index (χ1v) is 9.62. The molecule has 6 heteroatoms. The molecule has 6 nitrogen and oxygen atoms in total. The number of nitrogens with one attached hydrogen (secondary N) is 1. The summed E-state index contributed by atoms with van der Waals surface area (Å²) in [5.74, 6) is 1.73. The molecule has 1 fully saturated rings. The van der Waals surface area contributed by atoms with Gasteiger partial charge in [-0.05, 0) is 44.0 Å². The Morgan fingerprint density at radius 2 is 2.11 bits per heavy atom. The second kappa shape index (κ2) is 7.47. The zero-order valence-corrected chi connectivity index (χ0v) is 15.9. The Kier molecular flexibility index (Phi) is 4.88. The van der Waals surface area contributed by atoms with E-state index in [1.165, 1.54) is 0 Å². The van der Waals surface area contributed by atoms with E-state index in [0.29, 0.717) is 11.6 Å². The van der Waals surface area contributed by atoms with E-state index in [9.17, 15) is 4.79 Å². The highest BCUT2D eigenvalue weighted by Crippen LogP contribution is 2.33. The summed E-state index contributed by atoms with van der Waals surface area (Å²) in [7, 11) is 2.01. The molecular formula is C21H26N4O2. The molecule has 1 aliphatic heterocycles. The summed E-state index contributed by atoms with van der Waals surface area (Å²) < 4.78 is 6.19. The Morgan fingerprint density at radius 1 is 1.30 bits per heavy atom. The first-order chi connectivity index (χ1) is 13.1. The smallest absolute Gasteiger partial charge is 0.253 e. The number of benzene rings is 1. The number of anilines is 2. The van der Waals surface area contributed by atoms with Crippen molar-refractivity contribution in [3.05, 3.63) is 48.2 Å². The number of carbonyl (C=O) groups excluding carboxylic acids is 1. The lowest BCUT2D eigenvalue weighted by molar-refractivity contribution is 0.0950. The van der Waals surface area contributed by atoms with E-state index in [1.54, 1.807) is 6.20 Å². The highest BCUT2D eigenvalue weighted by atomic mass is 16.5. The maximum Gasteiger partial charge on any atom is 0.253 e. The number of amides is 1. The van der Waals surface area contributed by atoms with E-state index in [0.717, 1.165) is 49.7 Å². The van der Waals surface area contributed by atoms with Gasteiger partial charge in [0.2, 0.25) is 0 Å². The zero-order valence-electron chi connectivity index (χ0n) is 15.9. The van der Waals surface area contributed by atoms with Gasteiger partial charge in [0, 0.05) is 25.8 Å². The second-order valence-corrected chi connectivity index (χ2v) is 7.28. The van der Waals surface area contributed by atoms with Crippen LogP contribution in [0.15, 0.2) is 42.6 Å². The number of carbonyl (C=O) groups is 1. The van der Waals surface area contributed by atoms with Crippen molar-refractivity contribution >= 4 is 17.4 Å². The third-order valence-electron chi connectivity index (χ3n) is 5.10. The highest BCUT2D eigenvalue weighted by Gasteiger charge is 2.26. The van der Waals surface area contributed by atoms with Crippen molar-refractivity contribution in [1.82, 2.24) is 10.3 Å². The lowest BCUT2D eigenvalue weighted by Crippen LogP contribution is -2.45. The van der Waals surface area contributed by atoms with Gasteiger partial charge in [-0.3, -0.25) is 4.79 Å². The van der Waals surface area contributed by atoms with Crippen molar-refractivity contribution in [3.8, 4) is 5.75 Å². The summed E-state index contributed by atoms with van der Waals surface area (Å²) in [6.07, 6.45) is 3.88. The Balaban J connectivity index is 1.40. The molecule has 2 heterocycles. The monoisotopic (exact) mass is 366 g/mol. The van der Waals surface area contributed by atoms with E-state index < -0.39 is 0 Å². The molecule has 27 heavy (non-hydrogen) atoms. The number of ether oxygens (including phenoxy) is 1. The molecule has 4 rings (SSSR count). The van der Waals surface area contributed by atoms with E-state index in [1.807, 2.05) is 37.4 Å². The molecule has 0 spiro atoms. The average molecular weight is 366 g/mol. The molecule has 1 N–H and O–H groups in total. The number of rotatable bonds is 6. The molecule has 1 aromatic carbocycles. The van der Waals surface area contributed by atoms with Gasteiger partial charge in [0.05, 0.1) is 24.3 Å². The fourth-order valence-corrected chi connectivity index (χ4v) is 3.42. The number of fused-ring (bicyclic) bond motifs is 1. The Hall–Kier alpha value is -2.76. The van der Waals surface area contributed by atoms with Crippen molar-refractivity contribution in [3.63, 3.8) is 0 Å². The van der Waals surface area contributed by atoms with Gasteiger partial charge in [0.1, 0.15) is 17.7 Å². The van der Waals surface area contributed by atoms with Gasteiger partial charge in [0.25, 0.3) is 5.91 Å². The standard InChI is InChI=1S/C21H26N4O2/c1-3-25-14-17(27-19-7-5-4-6-18(19)25)13-24(2)20-11-8-15(12-22-20)21(26)23-16-9-10-16/h4-8,11-12,16-17H,3,9-10,13-14H2,1-2H3,(H,23,26)/t17-/m1/s1. The fourth-order valence-electron chi connectivity index (χ4n) is 3.42. The molecule has 0 radical (unpaired) electrons. The van der Waals surface area contributed by atoms with Crippen LogP contribution in [0, 0.1) is 0 Å². The number of pyridine rings is 1. The molecule has 0 unspecified atom stereocenters. The Bertz CT molecular complexity index is 804. The molecule has 0 saturated heterocycles. The minimum absolute atomic E-state index is 0.0370. The van der Waals surface area contributed by atoms with Crippen LogP contribution in [0.1, 0.15) is 30.1 Å². The van der Waals surface area contributed by atoms with E-state index >= 15 is 0 Å². The summed E-state index contributed by atoms with van der Waals surface area (Å²) in [5.41, 5.74) is 1.77. The fraction of sp³-hybridized carbons (Fsp3) is 0.429. The van der Waals surface area contributed by atoms with Crippen LogP contribution in [-0.2, 0) is 0 Å². The van der Waals surface area contributed by atoms with Gasteiger partial charge in [-0.15, -0.1) is 0 Å². The Morgan fingerprint density at radius 3 is 2.81 bits per heavy atom. The van der Waals surface area contributed by atoms with Gasteiger partial charge >= 0.3 is 0 Å². The van der Waals surface area contributed by atoms with Gasteiger partial charge in [-0.25, -0.2) is 4.98 Å². The number of hydrogen-bond donors (Lipinski definition) is 1. The summed E-state index contributed by atoms with van der Waals surface area (Å²) in [6, 6.07) is 12.3. The molecule has 1 atom stereocenters. The first-order valence-electron chi connectivity index (χ1n) is 9.62. The predicted molar refractivity (Wildman–Crippen MR) is 107 cm³/mol. The molecule has 2 aliphatic rings. The number of likely N-dealkylation sites (N-methyl/N-ethyl adjacent to an activating group) is 2. The van der Waals surface area contributed by atoms with Crippen molar-refractivity contribution in [2.24, 2.45) is 0 Å². The molecule has 1 amide bonds. The average Bonchev–Trinajstić information content (AvgIpc) is 3.51. The number of nitrogens with zero attached hydrogens (tertiary/aromatic N) is 3. The maximum absolute atomic E-state index is 12.1. The van der Waals surface area contributed by atoms with Gasteiger partial charge in [0.15, 0.2) is 0 Å². The molecule has 1 saturated carbocycles. The van der Waals surface area contributed by atoms with Crippen LogP contribution in [0.2, 0.25) is 0 Å². The van der Waals surface area contributed by atoms with Crippen molar-refractivity contribution in [2.45, 2.75) is 31.9 Å². The predicted octanol–water partition coefficient (Wildman–Crippen LogP) is 2.70.